The van der Waals surface area contributed by atoms with E-state index in [9.17, 15) is 5.11 Å². The van der Waals surface area contributed by atoms with Crippen LogP contribution < -0.4 is 5.73 Å². The number of aryl methyl sites for hydroxylation is 1. The lowest BCUT2D eigenvalue weighted by Crippen LogP contribution is -2.10. The Morgan fingerprint density at radius 1 is 1.47 bits per heavy atom. The number of imidazole rings is 1. The van der Waals surface area contributed by atoms with E-state index in [0.717, 1.165) is 11.0 Å². The zero-order chi connectivity index (χ0) is 10.8. The molecule has 1 unspecified atom stereocenters. The molecule has 0 radical (unpaired) electrons. The van der Waals surface area contributed by atoms with Crippen molar-refractivity contribution in [1.29, 1.82) is 0 Å². The number of benzene rings is 1. The summed E-state index contributed by atoms with van der Waals surface area (Å²) in [7, 11) is 1.91. The molecule has 0 saturated carbocycles. The molecule has 0 bridgehead atoms. The molecular weight excluding hydrogens is 190 g/mol. The second-order valence-corrected chi connectivity index (χ2v) is 3.61. The average molecular weight is 205 g/mol. The van der Waals surface area contributed by atoms with Gasteiger partial charge in [-0.3, -0.25) is 0 Å². The van der Waals surface area contributed by atoms with Gasteiger partial charge in [0.15, 0.2) is 0 Å². The van der Waals surface area contributed by atoms with Crippen LogP contribution in [0.3, 0.4) is 0 Å². The Morgan fingerprint density at radius 2 is 2.20 bits per heavy atom. The molecule has 0 aliphatic rings. The Bertz CT molecular complexity index is 464. The molecule has 80 valence electrons. The van der Waals surface area contributed by atoms with Gasteiger partial charge in [0.2, 0.25) is 0 Å². The second-order valence-electron chi connectivity index (χ2n) is 3.61. The summed E-state index contributed by atoms with van der Waals surface area (Å²) < 4.78 is 1.91. The average Bonchev–Trinajstić information content (AvgIpc) is 2.57. The number of para-hydroxylation sites is 2. The molecular formula is C11H15N3O. The van der Waals surface area contributed by atoms with Gasteiger partial charge >= 0.3 is 0 Å². The van der Waals surface area contributed by atoms with Crippen LogP contribution in [-0.4, -0.2) is 21.2 Å². The van der Waals surface area contributed by atoms with Crippen molar-refractivity contribution in [1.82, 2.24) is 9.55 Å². The Hall–Kier alpha value is -1.39. The fourth-order valence-electron chi connectivity index (χ4n) is 1.75. The molecule has 0 saturated heterocycles. The molecule has 3 N–H and O–H groups in total. The minimum Gasteiger partial charge on any atom is -0.385 e. The first-order valence-electron chi connectivity index (χ1n) is 5.03. The Balaban J connectivity index is 2.48. The maximum absolute atomic E-state index is 9.84. The summed E-state index contributed by atoms with van der Waals surface area (Å²) in [6, 6.07) is 7.83. The highest BCUT2D eigenvalue weighted by molar-refractivity contribution is 5.75. The zero-order valence-electron chi connectivity index (χ0n) is 8.72. The van der Waals surface area contributed by atoms with Crippen molar-refractivity contribution in [2.45, 2.75) is 12.5 Å². The van der Waals surface area contributed by atoms with Gasteiger partial charge in [-0.2, -0.15) is 0 Å². The van der Waals surface area contributed by atoms with Crippen molar-refractivity contribution in [2.24, 2.45) is 12.8 Å². The fraction of sp³-hybridized carbons (Fsp3) is 0.364. The molecule has 1 atom stereocenters. The van der Waals surface area contributed by atoms with Crippen LogP contribution in [0.1, 0.15) is 18.3 Å². The first-order valence-corrected chi connectivity index (χ1v) is 5.03. The molecule has 15 heavy (non-hydrogen) atoms. The molecule has 4 nitrogen and oxygen atoms in total. The fourth-order valence-corrected chi connectivity index (χ4v) is 1.75. The molecule has 0 fully saturated rings. The molecule has 1 heterocycles. The predicted molar refractivity (Wildman–Crippen MR) is 59.3 cm³/mol. The molecule has 0 aliphatic carbocycles. The Kier molecular flexibility index (Phi) is 2.70. The van der Waals surface area contributed by atoms with E-state index in [1.165, 1.54) is 0 Å². The first kappa shape index (κ1) is 10.1. The lowest BCUT2D eigenvalue weighted by atomic mass is 10.2. The number of aliphatic hydroxyl groups excluding tert-OH is 1. The third-order valence-electron chi connectivity index (χ3n) is 2.56. The van der Waals surface area contributed by atoms with Gasteiger partial charge in [-0.05, 0) is 25.1 Å². The molecule has 4 heteroatoms. The summed E-state index contributed by atoms with van der Waals surface area (Å²) >= 11 is 0. The zero-order valence-corrected chi connectivity index (χ0v) is 8.72. The standard InChI is InChI=1S/C11H15N3O/c1-14-9-5-3-2-4-8(9)13-11(14)10(15)6-7-12/h2-5,10,15H,6-7,12H2,1H3. The first-order chi connectivity index (χ1) is 7.24. The maximum Gasteiger partial charge on any atom is 0.138 e. The van der Waals surface area contributed by atoms with E-state index in [4.69, 9.17) is 5.73 Å². The van der Waals surface area contributed by atoms with Crippen LogP contribution in [0.4, 0.5) is 0 Å². The SMILES string of the molecule is Cn1c(C(O)CCN)nc2ccccc21. The molecule has 0 spiro atoms. The molecule has 2 rings (SSSR count). The molecule has 0 aliphatic heterocycles. The lowest BCUT2D eigenvalue weighted by molar-refractivity contribution is 0.157. The van der Waals surface area contributed by atoms with E-state index in [-0.39, 0.29) is 0 Å². The predicted octanol–water partition coefficient (Wildman–Crippen LogP) is 0.956. The minimum atomic E-state index is -0.576. The van der Waals surface area contributed by atoms with Gasteiger partial charge in [0.25, 0.3) is 0 Å². The number of aliphatic hydroxyl groups is 1. The monoisotopic (exact) mass is 205 g/mol. The van der Waals surface area contributed by atoms with Crippen LogP contribution in [-0.2, 0) is 7.05 Å². The number of hydrogen-bond acceptors (Lipinski definition) is 3. The van der Waals surface area contributed by atoms with Crippen molar-refractivity contribution in [3.8, 4) is 0 Å². The minimum absolute atomic E-state index is 0.463. The van der Waals surface area contributed by atoms with Crippen LogP contribution >= 0.6 is 0 Å². The van der Waals surface area contributed by atoms with Gasteiger partial charge in [0.1, 0.15) is 11.9 Å². The van der Waals surface area contributed by atoms with E-state index in [0.29, 0.717) is 18.8 Å². The Morgan fingerprint density at radius 3 is 2.87 bits per heavy atom. The van der Waals surface area contributed by atoms with Gasteiger partial charge in [-0.25, -0.2) is 4.98 Å². The molecule has 1 aromatic heterocycles. The smallest absolute Gasteiger partial charge is 0.138 e. The van der Waals surface area contributed by atoms with Crippen LogP contribution in [0.5, 0.6) is 0 Å². The highest BCUT2D eigenvalue weighted by Crippen LogP contribution is 2.20. The van der Waals surface area contributed by atoms with Crippen molar-refractivity contribution >= 4 is 11.0 Å². The summed E-state index contributed by atoms with van der Waals surface area (Å²) in [5.74, 6) is 0.682. The number of hydrogen-bond donors (Lipinski definition) is 2. The van der Waals surface area contributed by atoms with Crippen LogP contribution in [0.25, 0.3) is 11.0 Å². The second kappa shape index (κ2) is 4.00. The number of aromatic nitrogens is 2. The third-order valence-corrected chi connectivity index (χ3v) is 2.56. The number of rotatable bonds is 3. The summed E-state index contributed by atoms with van der Waals surface area (Å²) in [5, 5.41) is 9.84. The molecule has 1 aromatic carbocycles. The van der Waals surface area contributed by atoms with Crippen molar-refractivity contribution in [3.05, 3.63) is 30.1 Å². The summed E-state index contributed by atoms with van der Waals surface area (Å²) in [4.78, 5) is 4.39. The summed E-state index contributed by atoms with van der Waals surface area (Å²) in [5.41, 5.74) is 7.35. The highest BCUT2D eigenvalue weighted by atomic mass is 16.3. The van der Waals surface area contributed by atoms with Crippen LogP contribution in [0.15, 0.2) is 24.3 Å². The van der Waals surface area contributed by atoms with E-state index < -0.39 is 6.10 Å². The van der Waals surface area contributed by atoms with Gasteiger partial charge in [-0.1, -0.05) is 12.1 Å². The van der Waals surface area contributed by atoms with E-state index >= 15 is 0 Å². The topological polar surface area (TPSA) is 64.1 Å². The van der Waals surface area contributed by atoms with E-state index in [2.05, 4.69) is 4.98 Å². The van der Waals surface area contributed by atoms with Crippen molar-refractivity contribution in [2.75, 3.05) is 6.54 Å². The lowest BCUT2D eigenvalue weighted by Gasteiger charge is -2.08. The normalized spacial score (nSPS) is 13.3. The van der Waals surface area contributed by atoms with E-state index in [1.807, 2.05) is 35.9 Å². The number of fused-ring (bicyclic) bond motifs is 1. The highest BCUT2D eigenvalue weighted by Gasteiger charge is 2.14. The Labute approximate surface area is 88.3 Å². The number of nitrogens with two attached hydrogens (primary N) is 1. The van der Waals surface area contributed by atoms with Gasteiger partial charge in [0, 0.05) is 7.05 Å². The van der Waals surface area contributed by atoms with Crippen LogP contribution in [0.2, 0.25) is 0 Å². The van der Waals surface area contributed by atoms with Crippen LogP contribution in [0, 0.1) is 0 Å². The van der Waals surface area contributed by atoms with Gasteiger partial charge in [-0.15, -0.1) is 0 Å². The quantitative estimate of drug-likeness (QED) is 0.784. The maximum atomic E-state index is 9.84. The van der Waals surface area contributed by atoms with Crippen molar-refractivity contribution in [3.63, 3.8) is 0 Å². The summed E-state index contributed by atoms with van der Waals surface area (Å²) in [6.45, 7) is 0.463. The number of nitrogens with zero attached hydrogens (tertiary/aromatic N) is 2. The molecule has 2 aromatic rings. The molecule has 0 amide bonds. The largest absolute Gasteiger partial charge is 0.385 e. The summed E-state index contributed by atoms with van der Waals surface area (Å²) in [6.07, 6.45) is -0.0376. The van der Waals surface area contributed by atoms with E-state index in [1.54, 1.807) is 0 Å². The van der Waals surface area contributed by atoms with Crippen molar-refractivity contribution < 1.29 is 5.11 Å². The third kappa shape index (κ3) is 1.73. The van der Waals surface area contributed by atoms with Gasteiger partial charge in [0.05, 0.1) is 11.0 Å². The van der Waals surface area contributed by atoms with Gasteiger partial charge < -0.3 is 15.4 Å².